The van der Waals surface area contributed by atoms with Crippen LogP contribution in [0.15, 0.2) is 53.3 Å². The highest BCUT2D eigenvalue weighted by Gasteiger charge is 2.17. The third-order valence-electron chi connectivity index (χ3n) is 4.12. The summed E-state index contributed by atoms with van der Waals surface area (Å²) in [5.74, 6) is 0.132. The molecule has 4 aromatic rings. The largest absolute Gasteiger partial charge is 0.383 e. The second-order valence-corrected chi connectivity index (χ2v) is 5.63. The molecule has 2 aromatic heterocycles. The molecule has 0 radical (unpaired) electrons. The highest BCUT2D eigenvalue weighted by atomic mass is 16.1. The third-order valence-corrected chi connectivity index (χ3v) is 4.12. The van der Waals surface area contributed by atoms with Crippen LogP contribution in [-0.2, 0) is 0 Å². The lowest BCUT2D eigenvalue weighted by molar-refractivity contribution is 1.08. The van der Waals surface area contributed by atoms with E-state index in [-0.39, 0.29) is 22.6 Å². The third kappa shape index (κ3) is 1.93. The average Bonchev–Trinajstić information content (AvgIpc) is 2.56. The lowest BCUT2D eigenvalue weighted by Gasteiger charge is -2.17. The quantitative estimate of drug-likeness (QED) is 0.525. The van der Waals surface area contributed by atoms with Gasteiger partial charge in [-0.1, -0.05) is 30.3 Å². The zero-order chi connectivity index (χ0) is 16.8. The van der Waals surface area contributed by atoms with Crippen molar-refractivity contribution in [1.29, 1.82) is 0 Å². The highest BCUT2D eigenvalue weighted by molar-refractivity contribution is 5.98. The van der Waals surface area contributed by atoms with E-state index in [1.807, 2.05) is 54.0 Å². The number of aromatic nitrogens is 3. The summed E-state index contributed by atoms with van der Waals surface area (Å²) in [5.41, 5.74) is 14.7. The van der Waals surface area contributed by atoms with Gasteiger partial charge in [-0.25, -0.2) is 0 Å². The van der Waals surface area contributed by atoms with Gasteiger partial charge in [0.05, 0.1) is 11.2 Å². The van der Waals surface area contributed by atoms with Gasteiger partial charge < -0.3 is 11.5 Å². The number of fused-ring (bicyclic) bond motifs is 2. The molecule has 118 valence electrons. The molecular weight excluding hydrogens is 302 g/mol. The molecule has 0 saturated carbocycles. The standard InChI is InChI=1S/C18H15N5O/c1-10-6-2-4-8-12(10)23-13-9-5-3-7-11(13)15(24)14-16(19)21-18(20)22-17(14)23/h2-9H,1H3,(H4,19,20,21,22). The molecule has 0 aliphatic heterocycles. The van der Waals surface area contributed by atoms with E-state index in [0.29, 0.717) is 11.0 Å². The number of benzene rings is 2. The van der Waals surface area contributed by atoms with Crippen molar-refractivity contribution >= 4 is 33.7 Å². The summed E-state index contributed by atoms with van der Waals surface area (Å²) in [6.45, 7) is 2.00. The van der Waals surface area contributed by atoms with Gasteiger partial charge in [0.15, 0.2) is 5.65 Å². The number of nitrogen functional groups attached to an aromatic ring is 2. The molecule has 0 atom stereocenters. The Bertz CT molecular complexity index is 1160. The van der Waals surface area contributed by atoms with Gasteiger partial charge >= 0.3 is 0 Å². The fourth-order valence-electron chi connectivity index (χ4n) is 3.03. The number of nitrogens with zero attached hydrogens (tertiary/aromatic N) is 3. The van der Waals surface area contributed by atoms with Crippen molar-refractivity contribution < 1.29 is 0 Å². The second-order valence-electron chi connectivity index (χ2n) is 5.63. The number of pyridine rings is 1. The highest BCUT2D eigenvalue weighted by Crippen LogP contribution is 2.26. The Hall–Kier alpha value is -3.41. The van der Waals surface area contributed by atoms with Gasteiger partial charge in [-0.3, -0.25) is 9.36 Å². The molecule has 24 heavy (non-hydrogen) atoms. The van der Waals surface area contributed by atoms with Gasteiger partial charge in [0.2, 0.25) is 11.4 Å². The molecule has 2 aromatic carbocycles. The van der Waals surface area contributed by atoms with Crippen molar-refractivity contribution in [2.24, 2.45) is 0 Å². The van der Waals surface area contributed by atoms with Crippen molar-refractivity contribution in [1.82, 2.24) is 14.5 Å². The maximum atomic E-state index is 12.9. The van der Waals surface area contributed by atoms with Crippen LogP contribution < -0.4 is 16.9 Å². The number of para-hydroxylation sites is 2. The van der Waals surface area contributed by atoms with Crippen molar-refractivity contribution in [3.8, 4) is 5.69 Å². The Labute approximate surface area is 137 Å². The number of hydrogen-bond donors (Lipinski definition) is 2. The maximum absolute atomic E-state index is 12.9. The van der Waals surface area contributed by atoms with Crippen LogP contribution in [0.25, 0.3) is 27.6 Å². The zero-order valence-corrected chi connectivity index (χ0v) is 13.0. The first kappa shape index (κ1) is 14.2. The number of aryl methyl sites for hydroxylation is 1. The van der Waals surface area contributed by atoms with E-state index in [0.717, 1.165) is 16.8 Å². The van der Waals surface area contributed by atoms with E-state index in [9.17, 15) is 4.79 Å². The monoisotopic (exact) mass is 317 g/mol. The van der Waals surface area contributed by atoms with E-state index >= 15 is 0 Å². The molecule has 0 saturated heterocycles. The molecule has 0 bridgehead atoms. The summed E-state index contributed by atoms with van der Waals surface area (Å²) in [6.07, 6.45) is 0. The van der Waals surface area contributed by atoms with Crippen LogP contribution in [0, 0.1) is 6.92 Å². The van der Waals surface area contributed by atoms with E-state index < -0.39 is 0 Å². The first-order chi connectivity index (χ1) is 11.6. The molecule has 0 aliphatic carbocycles. The Morgan fingerprint density at radius 2 is 1.67 bits per heavy atom. The molecule has 0 amide bonds. The molecule has 0 spiro atoms. The first-order valence-corrected chi connectivity index (χ1v) is 7.50. The van der Waals surface area contributed by atoms with E-state index in [2.05, 4.69) is 9.97 Å². The minimum Gasteiger partial charge on any atom is -0.383 e. The molecule has 4 rings (SSSR count). The summed E-state index contributed by atoms with van der Waals surface area (Å²) in [6, 6.07) is 15.3. The minimum atomic E-state index is -0.192. The van der Waals surface area contributed by atoms with Crippen LogP contribution in [0.3, 0.4) is 0 Å². The van der Waals surface area contributed by atoms with E-state index in [1.54, 1.807) is 6.07 Å². The van der Waals surface area contributed by atoms with Crippen molar-refractivity contribution in [3.05, 3.63) is 64.3 Å². The van der Waals surface area contributed by atoms with Gasteiger partial charge in [-0.15, -0.1) is 0 Å². The van der Waals surface area contributed by atoms with E-state index in [1.165, 1.54) is 0 Å². The maximum Gasteiger partial charge on any atom is 0.224 e. The van der Waals surface area contributed by atoms with Crippen LogP contribution in [0.1, 0.15) is 5.56 Å². The lowest BCUT2D eigenvalue weighted by Crippen LogP contribution is -2.16. The van der Waals surface area contributed by atoms with Crippen LogP contribution >= 0.6 is 0 Å². The Morgan fingerprint density at radius 1 is 0.958 bits per heavy atom. The van der Waals surface area contributed by atoms with Crippen LogP contribution in [0.4, 0.5) is 11.8 Å². The fourth-order valence-corrected chi connectivity index (χ4v) is 3.03. The summed E-state index contributed by atoms with van der Waals surface area (Å²) in [4.78, 5) is 21.1. The summed E-state index contributed by atoms with van der Waals surface area (Å²) < 4.78 is 1.91. The molecule has 6 nitrogen and oxygen atoms in total. The van der Waals surface area contributed by atoms with Crippen molar-refractivity contribution in [3.63, 3.8) is 0 Å². The second kappa shape index (κ2) is 5.06. The normalized spacial score (nSPS) is 11.2. The summed E-state index contributed by atoms with van der Waals surface area (Å²) in [5, 5.41) is 0.847. The average molecular weight is 317 g/mol. The Kier molecular flexibility index (Phi) is 2.99. The topological polar surface area (TPSA) is 99.8 Å². The van der Waals surface area contributed by atoms with Crippen LogP contribution in [-0.4, -0.2) is 14.5 Å². The fraction of sp³-hybridized carbons (Fsp3) is 0.0556. The number of hydrogen-bond acceptors (Lipinski definition) is 5. The molecule has 0 fully saturated rings. The number of rotatable bonds is 1. The minimum absolute atomic E-state index is 0.0389. The smallest absolute Gasteiger partial charge is 0.224 e. The Morgan fingerprint density at radius 3 is 2.46 bits per heavy atom. The van der Waals surface area contributed by atoms with Crippen molar-refractivity contribution in [2.75, 3.05) is 11.5 Å². The van der Waals surface area contributed by atoms with Gasteiger partial charge in [-0.2, -0.15) is 9.97 Å². The SMILES string of the molecule is Cc1ccccc1-n1c2ccccc2c(=O)c2c(N)nc(N)nc21. The molecule has 6 heteroatoms. The van der Waals surface area contributed by atoms with Gasteiger partial charge in [0.25, 0.3) is 0 Å². The number of anilines is 2. The Balaban J connectivity index is 2.36. The molecule has 2 heterocycles. The molecule has 4 N–H and O–H groups in total. The predicted octanol–water partition coefficient (Wildman–Crippen LogP) is 2.41. The van der Waals surface area contributed by atoms with Gasteiger partial charge in [-0.05, 0) is 30.7 Å². The lowest BCUT2D eigenvalue weighted by atomic mass is 10.1. The van der Waals surface area contributed by atoms with E-state index in [4.69, 9.17) is 11.5 Å². The number of nitrogens with two attached hydrogens (primary N) is 2. The summed E-state index contributed by atoms with van der Waals surface area (Å²) >= 11 is 0. The molecule has 0 unspecified atom stereocenters. The first-order valence-electron chi connectivity index (χ1n) is 7.50. The predicted molar refractivity (Wildman–Crippen MR) is 96.2 cm³/mol. The van der Waals surface area contributed by atoms with Gasteiger partial charge in [0.1, 0.15) is 11.2 Å². The molecular formula is C18H15N5O. The zero-order valence-electron chi connectivity index (χ0n) is 13.0. The van der Waals surface area contributed by atoms with Gasteiger partial charge in [0, 0.05) is 5.39 Å². The van der Waals surface area contributed by atoms with Crippen molar-refractivity contribution in [2.45, 2.75) is 6.92 Å². The summed E-state index contributed by atoms with van der Waals surface area (Å²) in [7, 11) is 0. The van der Waals surface area contributed by atoms with Crippen LogP contribution in [0.5, 0.6) is 0 Å². The van der Waals surface area contributed by atoms with Crippen LogP contribution in [0.2, 0.25) is 0 Å². The molecule has 0 aliphatic rings.